The van der Waals surface area contributed by atoms with Crippen molar-refractivity contribution in [3.63, 3.8) is 0 Å². The minimum atomic E-state index is -1.23. The standard InChI is InChI=1S/C25H23N3O4/c1-25(20-11-10-17-6-2-3-7-18(17)14-20)23(30)28(24(31)26-25)16-22(29)27-12-13-32-21-9-5-4-8-19(21)15-27/h2-11,14H,12-13,15-16H2,1H3,(H,26,31). The van der Waals surface area contributed by atoms with Crippen LogP contribution in [0, 0.1) is 0 Å². The molecule has 0 aromatic heterocycles. The third-order valence-corrected chi connectivity index (χ3v) is 6.20. The molecule has 0 bridgehead atoms. The van der Waals surface area contributed by atoms with Crippen LogP contribution in [0.5, 0.6) is 5.75 Å². The Balaban J connectivity index is 1.36. The van der Waals surface area contributed by atoms with Crippen LogP contribution in [-0.4, -0.2) is 47.3 Å². The van der Waals surface area contributed by atoms with Crippen LogP contribution in [0.1, 0.15) is 18.1 Å². The molecule has 0 aliphatic carbocycles. The number of benzene rings is 3. The van der Waals surface area contributed by atoms with Crippen LogP contribution in [-0.2, 0) is 21.7 Å². The minimum absolute atomic E-state index is 0.295. The van der Waals surface area contributed by atoms with Gasteiger partial charge in [0, 0.05) is 12.1 Å². The first-order chi connectivity index (χ1) is 15.5. The topological polar surface area (TPSA) is 79.0 Å². The lowest BCUT2D eigenvalue weighted by Crippen LogP contribution is -2.44. The molecular weight excluding hydrogens is 406 g/mol. The summed E-state index contributed by atoms with van der Waals surface area (Å²) < 4.78 is 5.71. The van der Waals surface area contributed by atoms with E-state index in [0.29, 0.717) is 25.3 Å². The van der Waals surface area contributed by atoms with E-state index in [0.717, 1.165) is 27.0 Å². The highest BCUT2D eigenvalue weighted by atomic mass is 16.5. The van der Waals surface area contributed by atoms with E-state index in [1.807, 2.05) is 66.7 Å². The van der Waals surface area contributed by atoms with Crippen LogP contribution in [0.25, 0.3) is 10.8 Å². The molecule has 5 rings (SSSR count). The zero-order chi connectivity index (χ0) is 22.3. The van der Waals surface area contributed by atoms with Crippen molar-refractivity contribution < 1.29 is 19.1 Å². The minimum Gasteiger partial charge on any atom is -0.491 e. The summed E-state index contributed by atoms with van der Waals surface area (Å²) >= 11 is 0. The third kappa shape index (κ3) is 3.36. The van der Waals surface area contributed by atoms with Gasteiger partial charge in [0.1, 0.15) is 24.4 Å². The Morgan fingerprint density at radius 3 is 2.62 bits per heavy atom. The highest BCUT2D eigenvalue weighted by Gasteiger charge is 2.49. The quantitative estimate of drug-likeness (QED) is 0.649. The summed E-state index contributed by atoms with van der Waals surface area (Å²) in [6.07, 6.45) is 0. The Morgan fingerprint density at radius 1 is 1.03 bits per heavy atom. The number of nitrogens with one attached hydrogen (secondary N) is 1. The van der Waals surface area contributed by atoms with E-state index in [-0.39, 0.29) is 12.5 Å². The molecule has 1 atom stereocenters. The van der Waals surface area contributed by atoms with Gasteiger partial charge in [-0.05, 0) is 35.4 Å². The van der Waals surface area contributed by atoms with Gasteiger partial charge in [0.15, 0.2) is 0 Å². The maximum absolute atomic E-state index is 13.3. The van der Waals surface area contributed by atoms with E-state index < -0.39 is 17.5 Å². The molecule has 1 N–H and O–H groups in total. The van der Waals surface area contributed by atoms with Crippen molar-refractivity contribution in [2.24, 2.45) is 0 Å². The molecule has 7 nitrogen and oxygen atoms in total. The summed E-state index contributed by atoms with van der Waals surface area (Å²) in [7, 11) is 0. The van der Waals surface area contributed by atoms with Gasteiger partial charge in [-0.15, -0.1) is 0 Å². The summed E-state index contributed by atoms with van der Waals surface area (Å²) in [6, 6.07) is 20.5. The number of ether oxygens (including phenoxy) is 1. The van der Waals surface area contributed by atoms with E-state index >= 15 is 0 Å². The smallest absolute Gasteiger partial charge is 0.325 e. The normalized spacial score (nSPS) is 20.5. The number of hydrogen-bond acceptors (Lipinski definition) is 4. The van der Waals surface area contributed by atoms with Crippen molar-refractivity contribution in [1.29, 1.82) is 0 Å². The molecule has 1 unspecified atom stereocenters. The Kier molecular flexibility index (Phi) is 4.81. The fourth-order valence-corrected chi connectivity index (χ4v) is 4.31. The molecule has 2 heterocycles. The summed E-state index contributed by atoms with van der Waals surface area (Å²) in [5, 5.41) is 4.82. The monoisotopic (exact) mass is 429 g/mol. The molecule has 3 aromatic rings. The lowest BCUT2D eigenvalue weighted by atomic mass is 9.90. The van der Waals surface area contributed by atoms with E-state index in [9.17, 15) is 14.4 Å². The second-order valence-electron chi connectivity index (χ2n) is 8.28. The van der Waals surface area contributed by atoms with Crippen molar-refractivity contribution in [2.75, 3.05) is 19.7 Å². The van der Waals surface area contributed by atoms with E-state index in [4.69, 9.17) is 4.74 Å². The predicted octanol–water partition coefficient (Wildman–Crippen LogP) is 3.03. The van der Waals surface area contributed by atoms with Gasteiger partial charge in [-0.3, -0.25) is 14.5 Å². The number of carbonyl (C=O) groups is 3. The summed E-state index contributed by atoms with van der Waals surface area (Å²) in [4.78, 5) is 41.7. The van der Waals surface area contributed by atoms with E-state index in [2.05, 4.69) is 5.32 Å². The number of amides is 4. The van der Waals surface area contributed by atoms with Crippen molar-refractivity contribution in [3.8, 4) is 5.75 Å². The molecule has 1 fully saturated rings. The second-order valence-corrected chi connectivity index (χ2v) is 8.28. The number of imide groups is 1. The van der Waals surface area contributed by atoms with Crippen molar-refractivity contribution >= 4 is 28.6 Å². The fourth-order valence-electron chi connectivity index (χ4n) is 4.31. The summed E-state index contributed by atoms with van der Waals surface area (Å²) in [6.45, 7) is 2.49. The van der Waals surface area contributed by atoms with Crippen molar-refractivity contribution in [3.05, 3.63) is 77.9 Å². The first-order valence-corrected chi connectivity index (χ1v) is 10.6. The van der Waals surface area contributed by atoms with Crippen LogP contribution in [0.3, 0.4) is 0 Å². The highest BCUT2D eigenvalue weighted by Crippen LogP contribution is 2.31. The van der Waals surface area contributed by atoms with Crippen LogP contribution in [0.15, 0.2) is 66.7 Å². The molecule has 1 saturated heterocycles. The van der Waals surface area contributed by atoms with Gasteiger partial charge in [-0.1, -0.05) is 54.6 Å². The van der Waals surface area contributed by atoms with Gasteiger partial charge in [0.05, 0.1) is 6.54 Å². The average Bonchev–Trinajstić information content (AvgIpc) is 2.96. The van der Waals surface area contributed by atoms with Crippen LogP contribution in [0.4, 0.5) is 4.79 Å². The van der Waals surface area contributed by atoms with Gasteiger partial charge in [0.25, 0.3) is 5.91 Å². The number of carbonyl (C=O) groups excluding carboxylic acids is 3. The lowest BCUT2D eigenvalue weighted by Gasteiger charge is -2.24. The number of rotatable bonds is 3. The highest BCUT2D eigenvalue weighted by molar-refractivity contribution is 6.09. The Labute approximate surface area is 185 Å². The molecule has 0 radical (unpaired) electrons. The second kappa shape index (κ2) is 7.67. The van der Waals surface area contributed by atoms with Gasteiger partial charge in [0.2, 0.25) is 5.91 Å². The molecule has 2 aliphatic heterocycles. The molecule has 0 saturated carbocycles. The first-order valence-electron chi connectivity index (χ1n) is 10.6. The Morgan fingerprint density at radius 2 is 1.78 bits per heavy atom. The molecule has 0 spiro atoms. The maximum Gasteiger partial charge on any atom is 0.325 e. The van der Waals surface area contributed by atoms with E-state index in [1.165, 1.54) is 0 Å². The lowest BCUT2D eigenvalue weighted by molar-refractivity contribution is -0.139. The van der Waals surface area contributed by atoms with Crippen LogP contribution < -0.4 is 10.1 Å². The number of hydrogen-bond donors (Lipinski definition) is 1. The van der Waals surface area contributed by atoms with Gasteiger partial charge >= 0.3 is 6.03 Å². The van der Waals surface area contributed by atoms with Crippen LogP contribution >= 0.6 is 0 Å². The van der Waals surface area contributed by atoms with Gasteiger partial charge < -0.3 is 15.0 Å². The number of para-hydroxylation sites is 1. The van der Waals surface area contributed by atoms with Crippen molar-refractivity contribution in [2.45, 2.75) is 19.0 Å². The molecule has 7 heteroatoms. The molecular formula is C25H23N3O4. The zero-order valence-corrected chi connectivity index (χ0v) is 17.7. The molecule has 2 aliphatic rings. The molecule has 162 valence electrons. The summed E-state index contributed by atoms with van der Waals surface area (Å²) in [5.74, 6) is 0.0239. The summed E-state index contributed by atoms with van der Waals surface area (Å²) in [5.41, 5.74) is 0.355. The zero-order valence-electron chi connectivity index (χ0n) is 17.7. The largest absolute Gasteiger partial charge is 0.491 e. The predicted molar refractivity (Wildman–Crippen MR) is 119 cm³/mol. The van der Waals surface area contributed by atoms with Crippen LogP contribution in [0.2, 0.25) is 0 Å². The maximum atomic E-state index is 13.3. The van der Waals surface area contributed by atoms with Gasteiger partial charge in [-0.2, -0.15) is 0 Å². The molecule has 3 aromatic carbocycles. The Bertz CT molecular complexity index is 1240. The number of urea groups is 1. The average molecular weight is 429 g/mol. The fraction of sp³-hybridized carbons (Fsp3) is 0.240. The first kappa shape index (κ1) is 20.1. The molecule has 4 amide bonds. The third-order valence-electron chi connectivity index (χ3n) is 6.20. The number of nitrogens with zero attached hydrogens (tertiary/aromatic N) is 2. The SMILES string of the molecule is CC1(c2ccc3ccccc3c2)NC(=O)N(CC(=O)N2CCOc3ccccc3C2)C1=O. The number of fused-ring (bicyclic) bond motifs is 2. The Hall–Kier alpha value is -3.87. The van der Waals surface area contributed by atoms with Crippen molar-refractivity contribution in [1.82, 2.24) is 15.1 Å². The molecule has 32 heavy (non-hydrogen) atoms. The van der Waals surface area contributed by atoms with E-state index in [1.54, 1.807) is 11.8 Å². The van der Waals surface area contributed by atoms with Gasteiger partial charge in [-0.25, -0.2) is 4.79 Å².